The summed E-state index contributed by atoms with van der Waals surface area (Å²) in [6.45, 7) is 4.47. The van der Waals surface area contributed by atoms with Crippen LogP contribution in [0.4, 0.5) is 0 Å². The Morgan fingerprint density at radius 1 is 1.07 bits per heavy atom. The fraction of sp³-hybridized carbons (Fsp3) is 1.00. The highest BCUT2D eigenvalue weighted by atomic mass is 32.2. The third-order valence-corrected chi connectivity index (χ3v) is 4.92. The molecule has 0 saturated carbocycles. The van der Waals surface area contributed by atoms with Gasteiger partial charge in [-0.05, 0) is 56.9 Å². The zero-order chi connectivity index (χ0) is 10.3. The van der Waals surface area contributed by atoms with E-state index < -0.39 is 0 Å². The molecular formula is C12H23NOS. The Labute approximate surface area is 97.5 Å². The lowest BCUT2D eigenvalue weighted by Crippen LogP contribution is -2.28. The van der Waals surface area contributed by atoms with Gasteiger partial charge in [0.25, 0.3) is 0 Å². The Hall–Kier alpha value is 0.270. The molecule has 0 aromatic heterocycles. The van der Waals surface area contributed by atoms with Crippen molar-refractivity contribution in [1.29, 1.82) is 0 Å². The summed E-state index contributed by atoms with van der Waals surface area (Å²) in [6, 6.07) is 0. The van der Waals surface area contributed by atoms with E-state index >= 15 is 0 Å². The zero-order valence-electron chi connectivity index (χ0n) is 9.54. The first-order chi connectivity index (χ1) is 7.45. The number of hydrogen-bond acceptors (Lipinski definition) is 3. The van der Waals surface area contributed by atoms with Crippen LogP contribution >= 0.6 is 11.8 Å². The van der Waals surface area contributed by atoms with Crippen molar-refractivity contribution in [3.63, 3.8) is 0 Å². The maximum Gasteiger partial charge on any atom is 0.0476 e. The molecule has 0 radical (unpaired) electrons. The molecule has 0 amide bonds. The van der Waals surface area contributed by atoms with Gasteiger partial charge in [0, 0.05) is 18.5 Å². The van der Waals surface area contributed by atoms with Gasteiger partial charge in [-0.25, -0.2) is 0 Å². The maximum atomic E-state index is 5.37. The molecule has 3 heteroatoms. The second kappa shape index (κ2) is 6.77. The molecule has 2 rings (SSSR count). The van der Waals surface area contributed by atoms with Crippen molar-refractivity contribution < 1.29 is 4.74 Å². The minimum absolute atomic E-state index is 0.889. The number of piperidine rings is 1. The highest BCUT2D eigenvalue weighted by Crippen LogP contribution is 2.25. The van der Waals surface area contributed by atoms with E-state index in [1.54, 1.807) is 0 Å². The molecule has 0 bridgehead atoms. The summed E-state index contributed by atoms with van der Waals surface area (Å²) < 4.78 is 5.37. The number of hydrogen-bond donors (Lipinski definition) is 1. The van der Waals surface area contributed by atoms with Gasteiger partial charge in [-0.3, -0.25) is 0 Å². The summed E-state index contributed by atoms with van der Waals surface area (Å²) in [5.41, 5.74) is 0. The Bertz CT molecular complexity index is 147. The van der Waals surface area contributed by atoms with Crippen LogP contribution in [0.1, 0.15) is 32.1 Å². The standard InChI is InChI=1S/C12H23NOS/c1-6-13-7-2-11(1)5-10-15-12-3-8-14-9-4-12/h11-13H,1-10H2. The first-order valence-corrected chi connectivity index (χ1v) is 7.40. The molecule has 15 heavy (non-hydrogen) atoms. The van der Waals surface area contributed by atoms with Gasteiger partial charge in [-0.1, -0.05) is 0 Å². The minimum Gasteiger partial charge on any atom is -0.381 e. The Kier molecular flexibility index (Phi) is 5.30. The maximum absolute atomic E-state index is 5.37. The van der Waals surface area contributed by atoms with Crippen LogP contribution in [0.5, 0.6) is 0 Å². The Morgan fingerprint density at radius 2 is 1.80 bits per heavy atom. The van der Waals surface area contributed by atoms with E-state index in [0.29, 0.717) is 0 Å². The van der Waals surface area contributed by atoms with Crippen molar-refractivity contribution in [1.82, 2.24) is 5.32 Å². The molecule has 0 unspecified atom stereocenters. The monoisotopic (exact) mass is 229 g/mol. The third-order valence-electron chi connectivity index (χ3n) is 3.51. The van der Waals surface area contributed by atoms with E-state index in [4.69, 9.17) is 4.74 Å². The molecular weight excluding hydrogens is 206 g/mol. The molecule has 0 spiro atoms. The van der Waals surface area contributed by atoms with E-state index in [-0.39, 0.29) is 0 Å². The smallest absolute Gasteiger partial charge is 0.0476 e. The molecule has 2 nitrogen and oxygen atoms in total. The van der Waals surface area contributed by atoms with Crippen LogP contribution in [-0.4, -0.2) is 37.3 Å². The Balaban J connectivity index is 1.53. The number of rotatable bonds is 4. The molecule has 0 aromatic carbocycles. The molecule has 2 aliphatic heterocycles. The molecule has 0 atom stereocenters. The van der Waals surface area contributed by atoms with Crippen molar-refractivity contribution in [3.05, 3.63) is 0 Å². The van der Waals surface area contributed by atoms with Gasteiger partial charge < -0.3 is 10.1 Å². The lowest BCUT2D eigenvalue weighted by Gasteiger charge is -2.25. The lowest BCUT2D eigenvalue weighted by molar-refractivity contribution is 0.1000. The molecule has 2 fully saturated rings. The van der Waals surface area contributed by atoms with E-state index in [1.165, 1.54) is 50.9 Å². The quantitative estimate of drug-likeness (QED) is 0.799. The summed E-state index contributed by atoms with van der Waals surface area (Å²) >= 11 is 2.19. The van der Waals surface area contributed by atoms with Gasteiger partial charge in [-0.2, -0.15) is 11.8 Å². The summed E-state index contributed by atoms with van der Waals surface area (Å²) in [4.78, 5) is 0. The van der Waals surface area contributed by atoms with Crippen LogP contribution in [0.15, 0.2) is 0 Å². The average molecular weight is 229 g/mol. The van der Waals surface area contributed by atoms with Gasteiger partial charge in [0.1, 0.15) is 0 Å². The topological polar surface area (TPSA) is 21.3 Å². The largest absolute Gasteiger partial charge is 0.381 e. The third kappa shape index (κ3) is 4.33. The van der Waals surface area contributed by atoms with E-state index in [2.05, 4.69) is 17.1 Å². The van der Waals surface area contributed by atoms with Gasteiger partial charge in [0.05, 0.1) is 0 Å². The van der Waals surface area contributed by atoms with E-state index in [9.17, 15) is 0 Å². The average Bonchev–Trinajstić information content (AvgIpc) is 2.32. The normalized spacial score (nSPS) is 25.6. The van der Waals surface area contributed by atoms with Gasteiger partial charge in [0.2, 0.25) is 0 Å². The van der Waals surface area contributed by atoms with Crippen molar-refractivity contribution in [2.45, 2.75) is 37.4 Å². The van der Waals surface area contributed by atoms with Crippen LogP contribution in [0.3, 0.4) is 0 Å². The number of thioether (sulfide) groups is 1. The minimum atomic E-state index is 0.889. The van der Waals surface area contributed by atoms with Crippen LogP contribution < -0.4 is 5.32 Å². The van der Waals surface area contributed by atoms with Crippen LogP contribution in [0.25, 0.3) is 0 Å². The molecule has 2 aliphatic rings. The predicted molar refractivity (Wildman–Crippen MR) is 66.5 cm³/mol. The molecule has 2 saturated heterocycles. The fourth-order valence-corrected chi connectivity index (χ4v) is 3.74. The summed E-state index contributed by atoms with van der Waals surface area (Å²) in [6.07, 6.45) is 6.78. The van der Waals surface area contributed by atoms with Crippen molar-refractivity contribution >= 4 is 11.8 Å². The SMILES string of the molecule is C1CC(CCSC2CCOCC2)CCN1. The number of nitrogens with one attached hydrogen (secondary N) is 1. The predicted octanol–water partition coefficient (Wildman–Crippen LogP) is 2.29. The van der Waals surface area contributed by atoms with E-state index in [0.717, 1.165) is 24.4 Å². The fourth-order valence-electron chi connectivity index (χ4n) is 2.41. The second-order valence-corrected chi connectivity index (χ2v) is 6.07. The molecule has 1 N–H and O–H groups in total. The van der Waals surface area contributed by atoms with Crippen molar-refractivity contribution in [2.24, 2.45) is 5.92 Å². The molecule has 0 aliphatic carbocycles. The highest BCUT2D eigenvalue weighted by Gasteiger charge is 2.16. The molecule has 88 valence electrons. The van der Waals surface area contributed by atoms with Gasteiger partial charge in [0.15, 0.2) is 0 Å². The summed E-state index contributed by atoms with van der Waals surface area (Å²) in [5, 5.41) is 4.32. The number of ether oxygens (including phenoxy) is 1. The second-order valence-electron chi connectivity index (χ2n) is 4.66. The first-order valence-electron chi connectivity index (χ1n) is 6.35. The van der Waals surface area contributed by atoms with Gasteiger partial charge in [-0.15, -0.1) is 0 Å². The zero-order valence-corrected chi connectivity index (χ0v) is 10.4. The van der Waals surface area contributed by atoms with E-state index in [1.807, 2.05) is 0 Å². The van der Waals surface area contributed by atoms with Crippen molar-refractivity contribution in [2.75, 3.05) is 32.1 Å². The first kappa shape index (κ1) is 11.7. The molecule has 0 aromatic rings. The summed E-state index contributed by atoms with van der Waals surface area (Å²) in [7, 11) is 0. The van der Waals surface area contributed by atoms with Crippen LogP contribution in [-0.2, 0) is 4.74 Å². The molecule has 2 heterocycles. The highest BCUT2D eigenvalue weighted by molar-refractivity contribution is 7.99. The Morgan fingerprint density at radius 3 is 2.53 bits per heavy atom. The van der Waals surface area contributed by atoms with Crippen molar-refractivity contribution in [3.8, 4) is 0 Å². The van der Waals surface area contributed by atoms with Crippen LogP contribution in [0.2, 0.25) is 0 Å². The summed E-state index contributed by atoms with van der Waals surface area (Å²) in [5.74, 6) is 2.37. The van der Waals surface area contributed by atoms with Gasteiger partial charge >= 0.3 is 0 Å². The lowest BCUT2D eigenvalue weighted by atomic mass is 9.96. The van der Waals surface area contributed by atoms with Crippen LogP contribution in [0, 0.1) is 5.92 Å².